The molecule has 0 radical (unpaired) electrons. The van der Waals surface area contributed by atoms with Crippen molar-refractivity contribution in [3.63, 3.8) is 0 Å². The van der Waals surface area contributed by atoms with E-state index in [0.717, 1.165) is 0 Å². The minimum atomic E-state index is -0.880. The van der Waals surface area contributed by atoms with Gasteiger partial charge >= 0.3 is 5.97 Å². The normalized spacial score (nSPS) is 11.9. The van der Waals surface area contributed by atoms with Crippen LogP contribution in [0.25, 0.3) is 0 Å². The fourth-order valence-corrected chi connectivity index (χ4v) is 1.07. The van der Waals surface area contributed by atoms with Crippen LogP contribution in [0.4, 0.5) is 0 Å². The summed E-state index contributed by atoms with van der Waals surface area (Å²) in [5.74, 6) is -1.48. The molecule has 1 atom stereocenters. The number of nitrogens with zero attached hydrogens (tertiary/aromatic N) is 1. The van der Waals surface area contributed by atoms with E-state index in [0.29, 0.717) is 6.54 Å². The standard InChI is InChI=1S/C10H17NO3/c1-4-6-9(12)11(5-2)7-8(3)10(13)14/h4,8H,1,5-7H2,2-3H3,(H,13,14). The van der Waals surface area contributed by atoms with Crippen molar-refractivity contribution in [2.75, 3.05) is 13.1 Å². The van der Waals surface area contributed by atoms with Crippen LogP contribution in [0, 0.1) is 5.92 Å². The third-order valence-corrected chi connectivity index (χ3v) is 1.97. The summed E-state index contributed by atoms with van der Waals surface area (Å²) >= 11 is 0. The van der Waals surface area contributed by atoms with Crippen LogP contribution in [0.1, 0.15) is 20.3 Å². The van der Waals surface area contributed by atoms with Gasteiger partial charge in [-0.15, -0.1) is 6.58 Å². The molecular formula is C10H17NO3. The molecule has 0 aliphatic heterocycles. The number of carbonyl (C=O) groups excluding carboxylic acids is 1. The van der Waals surface area contributed by atoms with Gasteiger partial charge in [0.1, 0.15) is 0 Å². The molecular weight excluding hydrogens is 182 g/mol. The molecule has 1 N–H and O–H groups in total. The zero-order valence-electron chi connectivity index (χ0n) is 8.69. The fraction of sp³-hybridized carbons (Fsp3) is 0.600. The number of carbonyl (C=O) groups is 2. The molecule has 80 valence electrons. The average Bonchev–Trinajstić information content (AvgIpc) is 2.13. The second kappa shape index (κ2) is 6.18. The Bertz CT molecular complexity index is 225. The van der Waals surface area contributed by atoms with Crippen LogP contribution in [0.3, 0.4) is 0 Å². The number of amides is 1. The molecule has 0 spiro atoms. The average molecular weight is 199 g/mol. The Morgan fingerprint density at radius 1 is 1.57 bits per heavy atom. The van der Waals surface area contributed by atoms with Gasteiger partial charge in [0.25, 0.3) is 0 Å². The monoisotopic (exact) mass is 199 g/mol. The smallest absolute Gasteiger partial charge is 0.308 e. The Kier molecular flexibility index (Phi) is 5.60. The summed E-state index contributed by atoms with van der Waals surface area (Å²) in [6.45, 7) is 7.68. The first-order chi connectivity index (χ1) is 6.52. The van der Waals surface area contributed by atoms with Crippen molar-refractivity contribution in [2.45, 2.75) is 20.3 Å². The highest BCUT2D eigenvalue weighted by molar-refractivity contribution is 5.78. The molecule has 0 saturated heterocycles. The Morgan fingerprint density at radius 3 is 2.50 bits per heavy atom. The lowest BCUT2D eigenvalue weighted by atomic mass is 10.1. The van der Waals surface area contributed by atoms with Crippen LogP contribution in [0.15, 0.2) is 12.7 Å². The quantitative estimate of drug-likeness (QED) is 0.652. The number of rotatable bonds is 6. The topological polar surface area (TPSA) is 57.6 Å². The molecule has 4 nitrogen and oxygen atoms in total. The minimum Gasteiger partial charge on any atom is -0.481 e. The van der Waals surface area contributed by atoms with Gasteiger partial charge in [0.2, 0.25) is 5.91 Å². The van der Waals surface area contributed by atoms with Crippen molar-refractivity contribution in [3.8, 4) is 0 Å². The van der Waals surface area contributed by atoms with Crippen LogP contribution in [0.2, 0.25) is 0 Å². The van der Waals surface area contributed by atoms with Crippen molar-refractivity contribution in [3.05, 3.63) is 12.7 Å². The maximum Gasteiger partial charge on any atom is 0.308 e. The van der Waals surface area contributed by atoms with Gasteiger partial charge in [0.05, 0.1) is 5.92 Å². The molecule has 0 aromatic rings. The van der Waals surface area contributed by atoms with Crippen LogP contribution in [-0.4, -0.2) is 35.0 Å². The summed E-state index contributed by atoms with van der Waals surface area (Å²) < 4.78 is 0. The number of carboxylic acid groups (broad SMARTS) is 1. The Balaban J connectivity index is 4.21. The predicted octanol–water partition coefficient (Wildman–Crippen LogP) is 1.13. The Hall–Kier alpha value is -1.32. The first-order valence-corrected chi connectivity index (χ1v) is 4.64. The number of hydrogen-bond donors (Lipinski definition) is 1. The van der Waals surface area contributed by atoms with Crippen molar-refractivity contribution < 1.29 is 14.7 Å². The summed E-state index contributed by atoms with van der Waals surface area (Å²) in [5, 5.41) is 8.68. The highest BCUT2D eigenvalue weighted by Gasteiger charge is 2.17. The van der Waals surface area contributed by atoms with Gasteiger partial charge in [-0.25, -0.2) is 0 Å². The lowest BCUT2D eigenvalue weighted by molar-refractivity contribution is -0.142. The molecule has 1 unspecified atom stereocenters. The van der Waals surface area contributed by atoms with Gasteiger partial charge in [-0.3, -0.25) is 9.59 Å². The van der Waals surface area contributed by atoms with E-state index in [1.54, 1.807) is 6.92 Å². The van der Waals surface area contributed by atoms with Gasteiger partial charge in [0, 0.05) is 19.5 Å². The predicted molar refractivity (Wildman–Crippen MR) is 53.9 cm³/mol. The molecule has 0 saturated carbocycles. The second-order valence-electron chi connectivity index (χ2n) is 3.16. The number of hydrogen-bond acceptors (Lipinski definition) is 2. The second-order valence-corrected chi connectivity index (χ2v) is 3.16. The van der Waals surface area contributed by atoms with Crippen LogP contribution >= 0.6 is 0 Å². The molecule has 1 amide bonds. The Morgan fingerprint density at radius 2 is 2.14 bits per heavy atom. The summed E-state index contributed by atoms with van der Waals surface area (Å²) in [6.07, 6.45) is 1.79. The zero-order chi connectivity index (χ0) is 11.1. The van der Waals surface area contributed by atoms with Gasteiger partial charge in [-0.05, 0) is 6.92 Å². The van der Waals surface area contributed by atoms with E-state index < -0.39 is 11.9 Å². The highest BCUT2D eigenvalue weighted by atomic mass is 16.4. The molecule has 0 fully saturated rings. The van der Waals surface area contributed by atoms with E-state index in [1.165, 1.54) is 11.0 Å². The van der Waals surface area contributed by atoms with Gasteiger partial charge < -0.3 is 10.0 Å². The van der Waals surface area contributed by atoms with E-state index in [-0.39, 0.29) is 18.9 Å². The molecule has 0 rings (SSSR count). The minimum absolute atomic E-state index is 0.0735. The highest BCUT2D eigenvalue weighted by Crippen LogP contribution is 2.02. The summed E-state index contributed by atoms with van der Waals surface area (Å²) in [7, 11) is 0. The Labute approximate surface area is 84.2 Å². The first-order valence-electron chi connectivity index (χ1n) is 4.64. The number of aliphatic carboxylic acids is 1. The molecule has 0 aromatic carbocycles. The third kappa shape index (κ3) is 4.07. The molecule has 14 heavy (non-hydrogen) atoms. The molecule has 4 heteroatoms. The van der Waals surface area contributed by atoms with E-state index in [1.807, 2.05) is 6.92 Å². The third-order valence-electron chi connectivity index (χ3n) is 1.97. The van der Waals surface area contributed by atoms with Crippen LogP contribution < -0.4 is 0 Å². The molecule has 0 aliphatic rings. The molecule has 0 aromatic heterocycles. The molecule has 0 aliphatic carbocycles. The van der Waals surface area contributed by atoms with Crippen LogP contribution in [0.5, 0.6) is 0 Å². The first kappa shape index (κ1) is 12.7. The maximum absolute atomic E-state index is 11.4. The number of carboxylic acids is 1. The van der Waals surface area contributed by atoms with E-state index in [9.17, 15) is 9.59 Å². The summed E-state index contributed by atoms with van der Waals surface area (Å²) in [5.41, 5.74) is 0. The maximum atomic E-state index is 11.4. The lowest BCUT2D eigenvalue weighted by Gasteiger charge is -2.22. The van der Waals surface area contributed by atoms with E-state index in [2.05, 4.69) is 6.58 Å². The zero-order valence-corrected chi connectivity index (χ0v) is 8.69. The van der Waals surface area contributed by atoms with Crippen molar-refractivity contribution in [2.24, 2.45) is 5.92 Å². The fourth-order valence-electron chi connectivity index (χ4n) is 1.07. The SMILES string of the molecule is C=CCC(=O)N(CC)CC(C)C(=O)O. The van der Waals surface area contributed by atoms with Crippen LogP contribution in [-0.2, 0) is 9.59 Å². The van der Waals surface area contributed by atoms with Crippen molar-refractivity contribution >= 4 is 11.9 Å². The van der Waals surface area contributed by atoms with E-state index >= 15 is 0 Å². The van der Waals surface area contributed by atoms with Gasteiger partial charge in [0.15, 0.2) is 0 Å². The molecule has 0 bridgehead atoms. The van der Waals surface area contributed by atoms with Gasteiger partial charge in [-0.1, -0.05) is 13.0 Å². The van der Waals surface area contributed by atoms with E-state index in [4.69, 9.17) is 5.11 Å². The van der Waals surface area contributed by atoms with Crippen molar-refractivity contribution in [1.82, 2.24) is 4.90 Å². The molecule has 0 heterocycles. The van der Waals surface area contributed by atoms with Crippen molar-refractivity contribution in [1.29, 1.82) is 0 Å². The largest absolute Gasteiger partial charge is 0.481 e. The summed E-state index contributed by atoms with van der Waals surface area (Å²) in [6, 6.07) is 0. The lowest BCUT2D eigenvalue weighted by Crippen LogP contribution is -2.36. The summed E-state index contributed by atoms with van der Waals surface area (Å²) in [4.78, 5) is 23.5. The van der Waals surface area contributed by atoms with Gasteiger partial charge in [-0.2, -0.15) is 0 Å².